The van der Waals surface area contributed by atoms with E-state index in [4.69, 9.17) is 5.11 Å². The molecule has 0 aliphatic heterocycles. The van der Waals surface area contributed by atoms with E-state index < -0.39 is 23.3 Å². The zero-order valence-corrected chi connectivity index (χ0v) is 12.9. The summed E-state index contributed by atoms with van der Waals surface area (Å²) in [5.41, 5.74) is -1.12. The van der Waals surface area contributed by atoms with Crippen LogP contribution in [0.5, 0.6) is 0 Å². The third kappa shape index (κ3) is 2.68. The van der Waals surface area contributed by atoms with E-state index in [0.29, 0.717) is 12.8 Å². The Morgan fingerprint density at radius 1 is 1.37 bits per heavy atom. The summed E-state index contributed by atoms with van der Waals surface area (Å²) < 4.78 is 0. The molecule has 1 saturated carbocycles. The number of rotatable bonds is 4. The maximum atomic E-state index is 11.7. The summed E-state index contributed by atoms with van der Waals surface area (Å²) >= 11 is 0. The van der Waals surface area contributed by atoms with Crippen LogP contribution in [0.3, 0.4) is 0 Å². The first-order valence-electron chi connectivity index (χ1n) is 5.75. The first-order valence-corrected chi connectivity index (χ1v) is 5.75. The Kier molecular flexibility index (Phi) is 4.76. The van der Waals surface area contributed by atoms with E-state index in [1.165, 1.54) is 6.92 Å². The van der Waals surface area contributed by atoms with Crippen molar-refractivity contribution in [3.8, 4) is 0 Å². The molecule has 0 aromatic rings. The summed E-state index contributed by atoms with van der Waals surface area (Å²) in [7, 11) is 0. The molecule has 2 aliphatic rings. The van der Waals surface area contributed by atoms with Gasteiger partial charge in [-0.15, -0.1) is 0 Å². The monoisotopic (exact) mass is 274 g/mol. The standard InChI is InChI=1S/C13H14O5.Na.H/c1-7(14)9-4-8-2-3-13(9,6-8)10(12(17)18)5-11(15)16;;/h2-3,5,8-9H,4,6H2,1H3,(H,15,16)(H,17,18);;/q;+1;-1/b10-5+;;. The number of fused-ring (bicyclic) bond motifs is 2. The van der Waals surface area contributed by atoms with Crippen molar-refractivity contribution >= 4 is 17.7 Å². The van der Waals surface area contributed by atoms with E-state index in [2.05, 4.69) is 0 Å². The van der Waals surface area contributed by atoms with Gasteiger partial charge in [0.15, 0.2) is 0 Å². The maximum Gasteiger partial charge on any atom is 1.00 e. The van der Waals surface area contributed by atoms with E-state index in [1.807, 2.05) is 6.08 Å². The van der Waals surface area contributed by atoms with Gasteiger partial charge >= 0.3 is 41.5 Å². The number of carboxylic acid groups (broad SMARTS) is 2. The van der Waals surface area contributed by atoms with Crippen molar-refractivity contribution in [1.29, 1.82) is 0 Å². The van der Waals surface area contributed by atoms with Crippen molar-refractivity contribution in [2.24, 2.45) is 17.3 Å². The molecule has 1 fully saturated rings. The van der Waals surface area contributed by atoms with Gasteiger partial charge in [-0.3, -0.25) is 4.79 Å². The molecule has 0 heterocycles. The molecular formula is C13H15NaO5. The molecule has 0 amide bonds. The van der Waals surface area contributed by atoms with Crippen LogP contribution in [0.4, 0.5) is 0 Å². The average Bonchev–Trinajstić information content (AvgIpc) is 2.83. The Morgan fingerprint density at radius 3 is 2.42 bits per heavy atom. The molecule has 5 nitrogen and oxygen atoms in total. The number of allylic oxidation sites excluding steroid dienone is 2. The van der Waals surface area contributed by atoms with Gasteiger partial charge in [-0.25, -0.2) is 9.59 Å². The van der Waals surface area contributed by atoms with Crippen molar-refractivity contribution < 1.29 is 55.6 Å². The summed E-state index contributed by atoms with van der Waals surface area (Å²) in [6.07, 6.45) is 5.43. The molecule has 0 radical (unpaired) electrons. The molecule has 2 N–H and O–H groups in total. The van der Waals surface area contributed by atoms with Crippen molar-refractivity contribution in [3.63, 3.8) is 0 Å². The molecule has 0 aromatic heterocycles. The summed E-state index contributed by atoms with van der Waals surface area (Å²) in [6.45, 7) is 1.43. The summed E-state index contributed by atoms with van der Waals surface area (Å²) in [4.78, 5) is 33.7. The minimum atomic E-state index is -1.30. The minimum absolute atomic E-state index is 0. The molecule has 6 heteroatoms. The van der Waals surface area contributed by atoms with Gasteiger partial charge in [-0.2, -0.15) is 0 Å². The van der Waals surface area contributed by atoms with Crippen LogP contribution in [0, 0.1) is 17.3 Å². The van der Waals surface area contributed by atoms with Gasteiger partial charge in [0, 0.05) is 17.4 Å². The maximum absolute atomic E-state index is 11.7. The average molecular weight is 274 g/mol. The first kappa shape index (κ1) is 16.1. The SMILES string of the molecule is CC(=O)C1CC2C=CC1(/C(=C/C(=O)O)C(=O)O)C2.[H-].[Na+]. The predicted molar refractivity (Wildman–Crippen MR) is 62.9 cm³/mol. The molecule has 19 heavy (non-hydrogen) atoms. The zero-order valence-electron chi connectivity index (χ0n) is 11.9. The molecule has 98 valence electrons. The van der Waals surface area contributed by atoms with Crippen LogP contribution in [0.25, 0.3) is 0 Å². The van der Waals surface area contributed by atoms with Gasteiger partial charge in [-0.05, 0) is 25.7 Å². The summed E-state index contributed by atoms with van der Waals surface area (Å²) in [6, 6.07) is 0. The van der Waals surface area contributed by atoms with Gasteiger partial charge in [0.25, 0.3) is 0 Å². The van der Waals surface area contributed by atoms with E-state index in [9.17, 15) is 19.5 Å². The van der Waals surface area contributed by atoms with E-state index in [1.54, 1.807) is 6.08 Å². The smallest absolute Gasteiger partial charge is 1.00 e. The number of ketones is 1. The molecule has 2 rings (SSSR count). The zero-order chi connectivity index (χ0) is 13.5. The van der Waals surface area contributed by atoms with Crippen LogP contribution in [0.1, 0.15) is 21.2 Å². The third-order valence-corrected chi connectivity index (χ3v) is 3.92. The number of carbonyl (C=O) groups is 3. The minimum Gasteiger partial charge on any atom is -1.00 e. The van der Waals surface area contributed by atoms with E-state index in [-0.39, 0.29) is 48.3 Å². The second-order valence-corrected chi connectivity index (χ2v) is 4.96. The Bertz CT molecular complexity index is 499. The number of carbonyl (C=O) groups excluding carboxylic acids is 1. The topological polar surface area (TPSA) is 91.7 Å². The third-order valence-electron chi connectivity index (χ3n) is 3.92. The first-order chi connectivity index (χ1) is 8.36. The van der Waals surface area contributed by atoms with Crippen LogP contribution in [-0.2, 0) is 14.4 Å². The molecule has 0 saturated heterocycles. The van der Waals surface area contributed by atoms with Crippen molar-refractivity contribution in [2.75, 3.05) is 0 Å². The molecule has 3 unspecified atom stereocenters. The van der Waals surface area contributed by atoms with Crippen LogP contribution in [0.15, 0.2) is 23.8 Å². The van der Waals surface area contributed by atoms with Crippen molar-refractivity contribution in [2.45, 2.75) is 19.8 Å². The van der Waals surface area contributed by atoms with Gasteiger partial charge in [0.05, 0.1) is 5.57 Å². The van der Waals surface area contributed by atoms with Crippen LogP contribution >= 0.6 is 0 Å². The largest absolute Gasteiger partial charge is 1.00 e. The van der Waals surface area contributed by atoms with Gasteiger partial charge in [-0.1, -0.05) is 12.2 Å². The van der Waals surface area contributed by atoms with Crippen LogP contribution in [0.2, 0.25) is 0 Å². The second-order valence-electron chi connectivity index (χ2n) is 4.96. The fraction of sp³-hybridized carbons (Fsp3) is 0.462. The summed E-state index contributed by atoms with van der Waals surface area (Å²) in [5, 5.41) is 18.0. The van der Waals surface area contributed by atoms with Gasteiger partial charge in [0.2, 0.25) is 0 Å². The molecule has 0 aromatic carbocycles. The molecule has 2 aliphatic carbocycles. The van der Waals surface area contributed by atoms with Gasteiger partial charge in [0.1, 0.15) is 5.78 Å². The van der Waals surface area contributed by atoms with Crippen molar-refractivity contribution in [1.82, 2.24) is 0 Å². The number of hydrogen-bond donors (Lipinski definition) is 2. The van der Waals surface area contributed by atoms with E-state index in [0.717, 1.165) is 6.08 Å². The molecule has 2 bridgehead atoms. The van der Waals surface area contributed by atoms with Crippen LogP contribution in [-0.4, -0.2) is 27.9 Å². The Balaban J connectivity index is 0.00000180. The summed E-state index contributed by atoms with van der Waals surface area (Å²) in [5.74, 6) is -2.90. The second kappa shape index (κ2) is 5.61. The predicted octanol–water partition coefficient (Wildman–Crippen LogP) is -1.63. The molecule has 0 spiro atoms. The van der Waals surface area contributed by atoms with Gasteiger partial charge < -0.3 is 11.6 Å². The molecular weight excluding hydrogens is 259 g/mol. The Morgan fingerprint density at radius 2 is 2.00 bits per heavy atom. The number of aliphatic carboxylic acids is 2. The fourth-order valence-corrected chi connectivity index (χ4v) is 3.25. The Hall–Kier alpha value is -0.910. The quantitative estimate of drug-likeness (QED) is 0.365. The molecule has 3 atom stereocenters. The number of hydrogen-bond acceptors (Lipinski definition) is 3. The van der Waals surface area contributed by atoms with Crippen molar-refractivity contribution in [3.05, 3.63) is 23.8 Å². The fourth-order valence-electron chi connectivity index (χ4n) is 3.25. The number of carboxylic acids is 2. The Labute approximate surface area is 134 Å². The van der Waals surface area contributed by atoms with Crippen LogP contribution < -0.4 is 29.6 Å². The normalized spacial score (nSPS) is 31.9. The number of Topliss-reactive ketones (excluding diaryl/α,β-unsaturated/α-hetero) is 1. The van der Waals surface area contributed by atoms with E-state index >= 15 is 0 Å².